The summed E-state index contributed by atoms with van der Waals surface area (Å²) in [6.07, 6.45) is 6.51. The summed E-state index contributed by atoms with van der Waals surface area (Å²) >= 11 is 0. The van der Waals surface area contributed by atoms with E-state index in [0.29, 0.717) is 0 Å². The van der Waals surface area contributed by atoms with E-state index < -0.39 is 0 Å². The molecule has 0 unspecified atom stereocenters. The maximum Gasteiger partial charge on any atom is 0.0480 e. The average molecular weight is 185 g/mol. The molecule has 0 atom stereocenters. The molecule has 1 aliphatic carbocycles. The van der Waals surface area contributed by atoms with Crippen molar-refractivity contribution in [3.63, 3.8) is 0 Å². The number of aromatic nitrogens is 1. The fourth-order valence-corrected chi connectivity index (χ4v) is 2.25. The molecule has 0 aliphatic heterocycles. The summed E-state index contributed by atoms with van der Waals surface area (Å²) in [6.45, 7) is 1.22. The second-order valence-corrected chi connectivity index (χ2v) is 4.32. The van der Waals surface area contributed by atoms with Crippen molar-refractivity contribution in [2.75, 3.05) is 0 Å². The Morgan fingerprint density at radius 3 is 2.79 bits per heavy atom. The van der Waals surface area contributed by atoms with Crippen LogP contribution in [0.4, 0.5) is 0 Å². The van der Waals surface area contributed by atoms with Gasteiger partial charge in [-0.3, -0.25) is 0 Å². The van der Waals surface area contributed by atoms with Crippen molar-refractivity contribution < 1.29 is 0 Å². The Morgan fingerprint density at radius 1 is 1.14 bits per heavy atom. The molecule has 1 aliphatic rings. The lowest BCUT2D eigenvalue weighted by Gasteiger charge is -2.26. The van der Waals surface area contributed by atoms with Gasteiger partial charge in [-0.2, -0.15) is 0 Å². The molecule has 0 saturated heterocycles. The molecule has 72 valence electrons. The third-order valence-electron chi connectivity index (χ3n) is 3.36. The molecule has 1 saturated carbocycles. The summed E-state index contributed by atoms with van der Waals surface area (Å²) in [5.74, 6) is 0.936. The Bertz CT molecular complexity index is 437. The third kappa shape index (κ3) is 1.24. The first-order chi connectivity index (χ1) is 6.93. The SMILES string of the molecule is c1ccc2c(c1)ccn2CC1CCC1. The number of rotatable bonds is 2. The van der Waals surface area contributed by atoms with E-state index in [0.717, 1.165) is 5.92 Å². The van der Waals surface area contributed by atoms with Crippen LogP contribution in [0, 0.1) is 5.92 Å². The van der Waals surface area contributed by atoms with E-state index in [-0.39, 0.29) is 0 Å². The fraction of sp³-hybridized carbons (Fsp3) is 0.385. The highest BCUT2D eigenvalue weighted by molar-refractivity contribution is 5.79. The van der Waals surface area contributed by atoms with Crippen LogP contribution in [0.3, 0.4) is 0 Å². The van der Waals surface area contributed by atoms with Gasteiger partial charge in [-0.1, -0.05) is 24.6 Å². The Balaban J connectivity index is 1.95. The Labute approximate surface area is 84.4 Å². The van der Waals surface area contributed by atoms with Gasteiger partial charge in [0.2, 0.25) is 0 Å². The molecular weight excluding hydrogens is 170 g/mol. The molecule has 1 fully saturated rings. The zero-order valence-electron chi connectivity index (χ0n) is 8.32. The van der Waals surface area contributed by atoms with Crippen LogP contribution in [0.2, 0.25) is 0 Å². The number of fused-ring (bicyclic) bond motifs is 1. The number of nitrogens with zero attached hydrogens (tertiary/aromatic N) is 1. The predicted molar refractivity (Wildman–Crippen MR) is 59.3 cm³/mol. The molecule has 0 radical (unpaired) electrons. The van der Waals surface area contributed by atoms with Crippen LogP contribution >= 0.6 is 0 Å². The van der Waals surface area contributed by atoms with E-state index in [1.807, 2.05) is 0 Å². The summed E-state index contributed by atoms with van der Waals surface area (Å²) in [6, 6.07) is 10.9. The Hall–Kier alpha value is -1.24. The van der Waals surface area contributed by atoms with Crippen molar-refractivity contribution in [1.29, 1.82) is 0 Å². The molecule has 1 aromatic carbocycles. The standard InChI is InChI=1S/C13H15N/c1-2-7-13-12(6-1)8-9-14(13)10-11-4-3-5-11/h1-2,6-9,11H,3-5,10H2. The second-order valence-electron chi connectivity index (χ2n) is 4.32. The largest absolute Gasteiger partial charge is 0.347 e. The van der Waals surface area contributed by atoms with Gasteiger partial charge in [-0.05, 0) is 36.3 Å². The summed E-state index contributed by atoms with van der Waals surface area (Å²) in [5.41, 5.74) is 1.39. The van der Waals surface area contributed by atoms with Crippen LogP contribution < -0.4 is 0 Å². The molecule has 0 amide bonds. The smallest absolute Gasteiger partial charge is 0.0480 e. The molecular formula is C13H15N. The molecule has 0 N–H and O–H groups in total. The van der Waals surface area contributed by atoms with Crippen molar-refractivity contribution in [3.05, 3.63) is 36.5 Å². The van der Waals surface area contributed by atoms with Crippen LogP contribution in [0.1, 0.15) is 19.3 Å². The average Bonchev–Trinajstić information content (AvgIpc) is 2.55. The lowest BCUT2D eigenvalue weighted by molar-refractivity contribution is 0.280. The summed E-state index contributed by atoms with van der Waals surface area (Å²) in [7, 11) is 0. The van der Waals surface area contributed by atoms with Crippen molar-refractivity contribution in [1.82, 2.24) is 4.57 Å². The molecule has 1 heterocycles. The highest BCUT2D eigenvalue weighted by Crippen LogP contribution is 2.29. The van der Waals surface area contributed by atoms with Crippen molar-refractivity contribution in [2.45, 2.75) is 25.8 Å². The van der Waals surface area contributed by atoms with E-state index in [1.165, 1.54) is 36.7 Å². The van der Waals surface area contributed by atoms with Crippen molar-refractivity contribution in [2.24, 2.45) is 5.92 Å². The van der Waals surface area contributed by atoms with Crippen LogP contribution in [-0.4, -0.2) is 4.57 Å². The first-order valence-electron chi connectivity index (χ1n) is 5.47. The molecule has 1 nitrogen and oxygen atoms in total. The molecule has 1 heteroatoms. The topological polar surface area (TPSA) is 4.93 Å². The van der Waals surface area contributed by atoms with Crippen LogP contribution in [-0.2, 0) is 6.54 Å². The molecule has 0 bridgehead atoms. The maximum absolute atomic E-state index is 2.40. The molecule has 2 aromatic rings. The van der Waals surface area contributed by atoms with Crippen LogP contribution in [0.25, 0.3) is 10.9 Å². The van der Waals surface area contributed by atoms with E-state index >= 15 is 0 Å². The highest BCUT2D eigenvalue weighted by atomic mass is 15.0. The predicted octanol–water partition coefficient (Wildman–Crippen LogP) is 3.44. The number of hydrogen-bond donors (Lipinski definition) is 0. The third-order valence-corrected chi connectivity index (χ3v) is 3.36. The van der Waals surface area contributed by atoms with Gasteiger partial charge in [0.1, 0.15) is 0 Å². The number of hydrogen-bond acceptors (Lipinski definition) is 0. The van der Waals surface area contributed by atoms with Crippen molar-refractivity contribution >= 4 is 10.9 Å². The minimum Gasteiger partial charge on any atom is -0.347 e. The van der Waals surface area contributed by atoms with E-state index in [9.17, 15) is 0 Å². The van der Waals surface area contributed by atoms with Crippen LogP contribution in [0.15, 0.2) is 36.5 Å². The van der Waals surface area contributed by atoms with Crippen molar-refractivity contribution in [3.8, 4) is 0 Å². The minimum atomic E-state index is 0.936. The Morgan fingerprint density at radius 2 is 2.00 bits per heavy atom. The van der Waals surface area contributed by atoms with Gasteiger partial charge in [0.15, 0.2) is 0 Å². The summed E-state index contributed by atoms with van der Waals surface area (Å²) < 4.78 is 2.40. The van der Waals surface area contributed by atoms with Crippen LogP contribution in [0.5, 0.6) is 0 Å². The molecule has 3 rings (SSSR count). The summed E-state index contributed by atoms with van der Waals surface area (Å²) in [4.78, 5) is 0. The lowest BCUT2D eigenvalue weighted by Crippen LogP contribution is -2.17. The first-order valence-corrected chi connectivity index (χ1v) is 5.47. The van der Waals surface area contributed by atoms with Gasteiger partial charge in [0.05, 0.1) is 0 Å². The van der Waals surface area contributed by atoms with E-state index in [2.05, 4.69) is 41.1 Å². The fourth-order valence-electron chi connectivity index (χ4n) is 2.25. The van der Waals surface area contributed by atoms with Gasteiger partial charge < -0.3 is 4.57 Å². The maximum atomic E-state index is 2.40. The second kappa shape index (κ2) is 3.16. The summed E-state index contributed by atoms with van der Waals surface area (Å²) in [5, 5.41) is 1.37. The van der Waals surface area contributed by atoms with E-state index in [4.69, 9.17) is 0 Å². The van der Waals surface area contributed by atoms with Gasteiger partial charge in [0, 0.05) is 18.3 Å². The highest BCUT2D eigenvalue weighted by Gasteiger charge is 2.17. The quantitative estimate of drug-likeness (QED) is 0.675. The number of para-hydroxylation sites is 1. The molecule has 1 aromatic heterocycles. The first kappa shape index (κ1) is 8.10. The zero-order chi connectivity index (χ0) is 9.38. The Kier molecular flexibility index (Phi) is 1.83. The normalized spacial score (nSPS) is 17.1. The van der Waals surface area contributed by atoms with Gasteiger partial charge in [-0.15, -0.1) is 0 Å². The monoisotopic (exact) mass is 185 g/mol. The van der Waals surface area contributed by atoms with Gasteiger partial charge >= 0.3 is 0 Å². The lowest BCUT2D eigenvalue weighted by atomic mass is 9.85. The van der Waals surface area contributed by atoms with Gasteiger partial charge in [-0.25, -0.2) is 0 Å². The zero-order valence-corrected chi connectivity index (χ0v) is 8.32. The molecule has 14 heavy (non-hydrogen) atoms. The van der Waals surface area contributed by atoms with E-state index in [1.54, 1.807) is 0 Å². The number of benzene rings is 1. The minimum absolute atomic E-state index is 0.936. The molecule has 0 spiro atoms. The van der Waals surface area contributed by atoms with Gasteiger partial charge in [0.25, 0.3) is 0 Å².